The number of carbonyl (C=O) groups is 2. The van der Waals surface area contributed by atoms with Crippen LogP contribution in [0.15, 0.2) is 27.6 Å². The molecule has 1 N–H and O–H groups in total. The minimum Gasteiger partial charge on any atom is -0.346 e. The second-order valence-corrected chi connectivity index (χ2v) is 7.00. The van der Waals surface area contributed by atoms with E-state index in [-0.39, 0.29) is 18.4 Å². The van der Waals surface area contributed by atoms with E-state index in [0.717, 1.165) is 40.9 Å². The Bertz CT molecular complexity index is 530. The van der Waals surface area contributed by atoms with Gasteiger partial charge in [0.05, 0.1) is 12.3 Å². The summed E-state index contributed by atoms with van der Waals surface area (Å²) in [6.45, 7) is 3.77. The monoisotopic (exact) mass is 370 g/mol. The summed E-state index contributed by atoms with van der Waals surface area (Å²) in [5.74, 6) is 0.246. The van der Waals surface area contributed by atoms with Crippen LogP contribution in [0.3, 0.4) is 0 Å². The molecular formula is C15H19BrN2O2S. The number of nitrogens with zero attached hydrogens (tertiary/aromatic N) is 1. The van der Waals surface area contributed by atoms with E-state index in [1.807, 2.05) is 30.0 Å². The third kappa shape index (κ3) is 5.04. The van der Waals surface area contributed by atoms with Crippen molar-refractivity contribution >= 4 is 39.5 Å². The van der Waals surface area contributed by atoms with E-state index in [9.17, 15) is 9.59 Å². The molecule has 0 aromatic heterocycles. The van der Waals surface area contributed by atoms with Gasteiger partial charge in [-0.2, -0.15) is 0 Å². The molecule has 6 heteroatoms. The standard InChI is InChI=1S/C15H19BrN2O2S/c1-11-8-12(16)4-5-13(11)21-10-14(19)17-9-15(20)18-6-2-3-7-18/h4-5,8H,2-3,6-7,9-10H2,1H3,(H,17,19). The van der Waals surface area contributed by atoms with Crippen LogP contribution in [0.25, 0.3) is 0 Å². The van der Waals surface area contributed by atoms with Gasteiger partial charge in [0.15, 0.2) is 0 Å². The lowest BCUT2D eigenvalue weighted by molar-refractivity contribution is -0.131. The smallest absolute Gasteiger partial charge is 0.241 e. The first kappa shape index (κ1) is 16.4. The number of amides is 2. The fraction of sp³-hybridized carbons (Fsp3) is 0.467. The van der Waals surface area contributed by atoms with Crippen molar-refractivity contribution in [2.45, 2.75) is 24.7 Å². The van der Waals surface area contributed by atoms with Gasteiger partial charge < -0.3 is 10.2 Å². The topological polar surface area (TPSA) is 49.4 Å². The molecule has 0 atom stereocenters. The molecule has 1 aromatic carbocycles. The molecule has 2 rings (SSSR count). The fourth-order valence-corrected chi connectivity index (χ4v) is 3.54. The molecule has 1 aromatic rings. The Morgan fingerprint density at radius 3 is 2.71 bits per heavy atom. The van der Waals surface area contributed by atoms with Gasteiger partial charge >= 0.3 is 0 Å². The van der Waals surface area contributed by atoms with Gasteiger partial charge in [-0.25, -0.2) is 0 Å². The van der Waals surface area contributed by atoms with Crippen LogP contribution in [0.4, 0.5) is 0 Å². The van der Waals surface area contributed by atoms with Gasteiger partial charge in [0.2, 0.25) is 11.8 Å². The largest absolute Gasteiger partial charge is 0.346 e. The van der Waals surface area contributed by atoms with E-state index in [2.05, 4.69) is 21.2 Å². The fourth-order valence-electron chi connectivity index (χ4n) is 2.22. The number of thioether (sulfide) groups is 1. The predicted octanol–water partition coefficient (Wildman–Crippen LogP) is 2.59. The molecule has 1 aliphatic rings. The molecule has 4 nitrogen and oxygen atoms in total. The van der Waals surface area contributed by atoms with Crippen LogP contribution in [-0.4, -0.2) is 42.1 Å². The third-order valence-corrected chi connectivity index (χ3v) is 5.06. The van der Waals surface area contributed by atoms with Gasteiger partial charge in [-0.3, -0.25) is 9.59 Å². The number of benzene rings is 1. The van der Waals surface area contributed by atoms with Crippen LogP contribution in [-0.2, 0) is 9.59 Å². The highest BCUT2D eigenvalue weighted by molar-refractivity contribution is 9.10. The van der Waals surface area contributed by atoms with Crippen LogP contribution < -0.4 is 5.32 Å². The zero-order valence-electron chi connectivity index (χ0n) is 12.0. The predicted molar refractivity (Wildman–Crippen MR) is 88.4 cm³/mol. The minimum atomic E-state index is -0.102. The maximum Gasteiger partial charge on any atom is 0.241 e. The lowest BCUT2D eigenvalue weighted by Gasteiger charge is -2.15. The van der Waals surface area contributed by atoms with Crippen LogP contribution >= 0.6 is 27.7 Å². The summed E-state index contributed by atoms with van der Waals surface area (Å²) in [6, 6.07) is 5.98. The third-order valence-electron chi connectivity index (χ3n) is 3.39. The molecular weight excluding hydrogens is 352 g/mol. The molecule has 0 bridgehead atoms. The molecule has 1 fully saturated rings. The molecule has 0 unspecified atom stereocenters. The summed E-state index contributed by atoms with van der Waals surface area (Å²) in [7, 11) is 0. The number of carbonyl (C=O) groups excluding carboxylic acids is 2. The van der Waals surface area contributed by atoms with Crippen molar-refractivity contribution in [2.75, 3.05) is 25.4 Å². The van der Waals surface area contributed by atoms with Crippen molar-refractivity contribution in [2.24, 2.45) is 0 Å². The van der Waals surface area contributed by atoms with Crippen LogP contribution in [0.1, 0.15) is 18.4 Å². The number of aryl methyl sites for hydroxylation is 1. The summed E-state index contributed by atoms with van der Waals surface area (Å²) < 4.78 is 1.03. The Morgan fingerprint density at radius 2 is 2.05 bits per heavy atom. The van der Waals surface area contributed by atoms with Gasteiger partial charge in [-0.15, -0.1) is 11.8 Å². The first-order valence-electron chi connectivity index (χ1n) is 6.99. The average Bonchev–Trinajstić information content (AvgIpc) is 2.98. The summed E-state index contributed by atoms with van der Waals surface area (Å²) in [6.07, 6.45) is 2.14. The van der Waals surface area contributed by atoms with E-state index >= 15 is 0 Å². The lowest BCUT2D eigenvalue weighted by atomic mass is 10.2. The number of nitrogens with one attached hydrogen (secondary N) is 1. The highest BCUT2D eigenvalue weighted by Gasteiger charge is 2.18. The van der Waals surface area contributed by atoms with Gasteiger partial charge in [-0.05, 0) is 43.5 Å². The number of hydrogen-bond acceptors (Lipinski definition) is 3. The molecule has 1 aliphatic heterocycles. The Labute approximate surface area is 137 Å². The van der Waals surface area contributed by atoms with E-state index < -0.39 is 0 Å². The van der Waals surface area contributed by atoms with Gasteiger partial charge in [0.1, 0.15) is 0 Å². The van der Waals surface area contributed by atoms with Crippen molar-refractivity contribution in [3.8, 4) is 0 Å². The second kappa shape index (κ2) is 7.84. The Balaban J connectivity index is 1.73. The Morgan fingerprint density at radius 1 is 1.33 bits per heavy atom. The molecule has 21 heavy (non-hydrogen) atoms. The van der Waals surface area contributed by atoms with Crippen molar-refractivity contribution in [1.29, 1.82) is 0 Å². The van der Waals surface area contributed by atoms with Crippen LogP contribution in [0.5, 0.6) is 0 Å². The van der Waals surface area contributed by atoms with E-state index in [1.165, 1.54) is 11.8 Å². The molecule has 1 saturated heterocycles. The molecule has 1 heterocycles. The van der Waals surface area contributed by atoms with Gasteiger partial charge in [-0.1, -0.05) is 15.9 Å². The minimum absolute atomic E-state index is 0.0191. The zero-order chi connectivity index (χ0) is 15.2. The van der Waals surface area contributed by atoms with E-state index in [0.29, 0.717) is 5.75 Å². The lowest BCUT2D eigenvalue weighted by Crippen LogP contribution is -2.39. The zero-order valence-corrected chi connectivity index (χ0v) is 14.4. The Kier molecular flexibility index (Phi) is 6.11. The van der Waals surface area contributed by atoms with Crippen molar-refractivity contribution in [3.05, 3.63) is 28.2 Å². The summed E-state index contributed by atoms with van der Waals surface area (Å²) in [4.78, 5) is 26.5. The molecule has 0 radical (unpaired) electrons. The van der Waals surface area contributed by atoms with Crippen molar-refractivity contribution < 1.29 is 9.59 Å². The number of rotatable bonds is 5. The maximum absolute atomic E-state index is 11.8. The maximum atomic E-state index is 11.8. The quantitative estimate of drug-likeness (QED) is 0.810. The molecule has 0 aliphatic carbocycles. The van der Waals surface area contributed by atoms with Crippen LogP contribution in [0, 0.1) is 6.92 Å². The van der Waals surface area contributed by atoms with E-state index in [4.69, 9.17) is 0 Å². The second-order valence-electron chi connectivity index (χ2n) is 5.06. The highest BCUT2D eigenvalue weighted by Crippen LogP contribution is 2.25. The molecule has 2 amide bonds. The summed E-state index contributed by atoms with van der Waals surface area (Å²) in [5.41, 5.74) is 1.13. The highest BCUT2D eigenvalue weighted by atomic mass is 79.9. The first-order valence-corrected chi connectivity index (χ1v) is 8.77. The summed E-state index contributed by atoms with van der Waals surface area (Å²) in [5, 5.41) is 2.70. The van der Waals surface area contributed by atoms with Crippen molar-refractivity contribution in [3.63, 3.8) is 0 Å². The van der Waals surface area contributed by atoms with Gasteiger partial charge in [0, 0.05) is 22.5 Å². The molecule has 0 saturated carbocycles. The Hall–Kier alpha value is -1.01. The van der Waals surface area contributed by atoms with Crippen LogP contribution in [0.2, 0.25) is 0 Å². The van der Waals surface area contributed by atoms with E-state index in [1.54, 1.807) is 0 Å². The summed E-state index contributed by atoms with van der Waals surface area (Å²) >= 11 is 4.91. The number of hydrogen-bond donors (Lipinski definition) is 1. The first-order chi connectivity index (χ1) is 10.1. The number of halogens is 1. The SMILES string of the molecule is Cc1cc(Br)ccc1SCC(=O)NCC(=O)N1CCCC1. The van der Waals surface area contributed by atoms with Crippen molar-refractivity contribution in [1.82, 2.24) is 10.2 Å². The number of likely N-dealkylation sites (tertiary alicyclic amines) is 1. The average molecular weight is 371 g/mol. The molecule has 0 spiro atoms. The normalized spacial score (nSPS) is 14.3. The van der Waals surface area contributed by atoms with Gasteiger partial charge in [0.25, 0.3) is 0 Å². The molecule has 114 valence electrons.